The van der Waals surface area contributed by atoms with Crippen molar-refractivity contribution in [2.75, 3.05) is 26.2 Å². The van der Waals surface area contributed by atoms with E-state index < -0.39 is 0 Å². The molecule has 0 bridgehead atoms. The van der Waals surface area contributed by atoms with Crippen molar-refractivity contribution < 1.29 is 0 Å². The summed E-state index contributed by atoms with van der Waals surface area (Å²) in [6.07, 6.45) is 8.31. The fourth-order valence-corrected chi connectivity index (χ4v) is 3.67. The number of hydrogen-bond donors (Lipinski definition) is 1. The van der Waals surface area contributed by atoms with Crippen molar-refractivity contribution in [2.45, 2.75) is 56.7 Å². The molecule has 2 aliphatic carbocycles. The molecule has 0 aromatic carbocycles. The molecule has 92 valence electrons. The molecule has 0 aromatic heterocycles. The van der Waals surface area contributed by atoms with Gasteiger partial charge in [-0.25, -0.2) is 0 Å². The van der Waals surface area contributed by atoms with Crippen LogP contribution in [0.2, 0.25) is 0 Å². The summed E-state index contributed by atoms with van der Waals surface area (Å²) in [6.45, 7) is 5.18. The molecule has 0 unspecified atom stereocenters. The van der Waals surface area contributed by atoms with Crippen LogP contribution in [0.1, 0.15) is 38.5 Å². The first kappa shape index (κ1) is 11.0. The van der Waals surface area contributed by atoms with E-state index in [1.807, 2.05) is 0 Å². The van der Waals surface area contributed by atoms with E-state index in [4.69, 9.17) is 5.73 Å². The van der Waals surface area contributed by atoms with Crippen LogP contribution >= 0.6 is 0 Å². The first-order valence-corrected chi connectivity index (χ1v) is 7.06. The van der Waals surface area contributed by atoms with Gasteiger partial charge in [0.15, 0.2) is 0 Å². The Kier molecular flexibility index (Phi) is 3.18. The van der Waals surface area contributed by atoms with E-state index in [0.29, 0.717) is 6.04 Å². The third kappa shape index (κ3) is 2.13. The molecule has 2 N–H and O–H groups in total. The Bertz CT molecular complexity index is 223. The second kappa shape index (κ2) is 4.63. The van der Waals surface area contributed by atoms with Gasteiger partial charge in [-0.15, -0.1) is 0 Å². The molecule has 1 heterocycles. The second-order valence-corrected chi connectivity index (χ2v) is 5.90. The summed E-state index contributed by atoms with van der Waals surface area (Å²) < 4.78 is 0. The smallest absolute Gasteiger partial charge is 0.0126 e. The summed E-state index contributed by atoms with van der Waals surface area (Å²) in [4.78, 5) is 5.41. The minimum atomic E-state index is 0.498. The zero-order chi connectivity index (χ0) is 11.0. The van der Waals surface area contributed by atoms with Crippen LogP contribution in [0, 0.1) is 0 Å². The van der Waals surface area contributed by atoms with Crippen LogP contribution in [0.15, 0.2) is 0 Å². The molecular weight excluding hydrogens is 198 g/mol. The van der Waals surface area contributed by atoms with Gasteiger partial charge in [0.1, 0.15) is 0 Å². The summed E-state index contributed by atoms with van der Waals surface area (Å²) >= 11 is 0. The number of nitrogens with two attached hydrogens (primary N) is 1. The maximum Gasteiger partial charge on any atom is 0.0126 e. The molecule has 0 amide bonds. The molecule has 1 saturated heterocycles. The average molecular weight is 223 g/mol. The minimum absolute atomic E-state index is 0.498. The molecule has 3 heteroatoms. The van der Waals surface area contributed by atoms with E-state index >= 15 is 0 Å². The highest BCUT2D eigenvalue weighted by Gasteiger charge is 2.34. The van der Waals surface area contributed by atoms with Crippen LogP contribution in [0.25, 0.3) is 0 Å². The van der Waals surface area contributed by atoms with Gasteiger partial charge in [0.2, 0.25) is 0 Å². The zero-order valence-electron chi connectivity index (χ0n) is 10.3. The third-order valence-corrected chi connectivity index (χ3v) is 4.86. The molecule has 0 spiro atoms. The van der Waals surface area contributed by atoms with Crippen molar-refractivity contribution in [3.05, 3.63) is 0 Å². The Labute approximate surface area is 99.0 Å². The van der Waals surface area contributed by atoms with Gasteiger partial charge >= 0.3 is 0 Å². The van der Waals surface area contributed by atoms with Crippen molar-refractivity contribution >= 4 is 0 Å². The zero-order valence-corrected chi connectivity index (χ0v) is 10.3. The quantitative estimate of drug-likeness (QED) is 0.759. The Morgan fingerprint density at radius 1 is 0.750 bits per heavy atom. The summed E-state index contributed by atoms with van der Waals surface area (Å²) in [7, 11) is 0. The summed E-state index contributed by atoms with van der Waals surface area (Å²) in [6, 6.07) is 2.24. The van der Waals surface area contributed by atoms with Crippen LogP contribution in [0.3, 0.4) is 0 Å². The predicted octanol–water partition coefficient (Wildman–Crippen LogP) is 1.04. The van der Waals surface area contributed by atoms with Crippen molar-refractivity contribution in [3.63, 3.8) is 0 Å². The van der Waals surface area contributed by atoms with Gasteiger partial charge in [0.05, 0.1) is 0 Å². The molecule has 16 heavy (non-hydrogen) atoms. The largest absolute Gasteiger partial charge is 0.328 e. The van der Waals surface area contributed by atoms with Crippen molar-refractivity contribution in [2.24, 2.45) is 5.73 Å². The van der Waals surface area contributed by atoms with Crippen LogP contribution in [0.5, 0.6) is 0 Å². The van der Waals surface area contributed by atoms with Crippen LogP contribution < -0.4 is 5.73 Å². The first-order chi connectivity index (χ1) is 7.83. The lowest BCUT2D eigenvalue weighted by Crippen LogP contribution is -2.57. The molecule has 1 aliphatic heterocycles. The number of hydrogen-bond acceptors (Lipinski definition) is 3. The van der Waals surface area contributed by atoms with Gasteiger partial charge in [0.25, 0.3) is 0 Å². The highest BCUT2D eigenvalue weighted by atomic mass is 15.3. The van der Waals surface area contributed by atoms with E-state index in [-0.39, 0.29) is 0 Å². The fraction of sp³-hybridized carbons (Fsp3) is 1.00. The molecule has 3 nitrogen and oxygen atoms in total. The van der Waals surface area contributed by atoms with Crippen molar-refractivity contribution in [1.82, 2.24) is 9.80 Å². The number of rotatable bonds is 2. The minimum Gasteiger partial charge on any atom is -0.328 e. The van der Waals surface area contributed by atoms with Gasteiger partial charge in [-0.1, -0.05) is 12.8 Å². The normalized spacial score (nSPS) is 38.8. The van der Waals surface area contributed by atoms with Crippen LogP contribution in [-0.2, 0) is 0 Å². The third-order valence-electron chi connectivity index (χ3n) is 4.86. The predicted molar refractivity (Wildman–Crippen MR) is 66.4 cm³/mol. The monoisotopic (exact) mass is 223 g/mol. The lowest BCUT2D eigenvalue weighted by Gasteiger charge is -2.46. The molecule has 3 aliphatic rings. The Morgan fingerprint density at radius 2 is 1.25 bits per heavy atom. The van der Waals surface area contributed by atoms with Gasteiger partial charge in [-0.3, -0.25) is 9.80 Å². The highest BCUT2D eigenvalue weighted by molar-refractivity contribution is 4.92. The van der Waals surface area contributed by atoms with E-state index in [9.17, 15) is 0 Å². The topological polar surface area (TPSA) is 32.5 Å². The Morgan fingerprint density at radius 3 is 1.75 bits per heavy atom. The van der Waals surface area contributed by atoms with E-state index in [1.54, 1.807) is 0 Å². The standard InChI is InChI=1S/C13H25N3/c14-11-9-13(10-11)16-7-5-15(6-8-16)12-3-1-2-4-12/h11-13H,1-10,14H2. The van der Waals surface area contributed by atoms with Gasteiger partial charge in [-0.2, -0.15) is 0 Å². The van der Waals surface area contributed by atoms with Gasteiger partial charge in [-0.05, 0) is 25.7 Å². The number of nitrogens with zero attached hydrogens (tertiary/aromatic N) is 2. The molecule has 2 saturated carbocycles. The molecular formula is C13H25N3. The van der Waals surface area contributed by atoms with Crippen LogP contribution in [0.4, 0.5) is 0 Å². The summed E-state index contributed by atoms with van der Waals surface area (Å²) in [5.41, 5.74) is 5.87. The molecule has 0 radical (unpaired) electrons. The second-order valence-electron chi connectivity index (χ2n) is 5.90. The van der Waals surface area contributed by atoms with Gasteiger partial charge < -0.3 is 5.73 Å². The maximum atomic E-state index is 5.87. The van der Waals surface area contributed by atoms with E-state index in [1.165, 1.54) is 64.7 Å². The van der Waals surface area contributed by atoms with Crippen molar-refractivity contribution in [3.8, 4) is 0 Å². The van der Waals surface area contributed by atoms with E-state index in [0.717, 1.165) is 12.1 Å². The Hall–Kier alpha value is -0.120. The fourth-order valence-electron chi connectivity index (χ4n) is 3.67. The van der Waals surface area contributed by atoms with Gasteiger partial charge in [0, 0.05) is 44.3 Å². The molecule has 3 rings (SSSR count). The highest BCUT2D eigenvalue weighted by Crippen LogP contribution is 2.28. The molecule has 0 atom stereocenters. The average Bonchev–Trinajstić information content (AvgIpc) is 2.79. The maximum absolute atomic E-state index is 5.87. The lowest BCUT2D eigenvalue weighted by atomic mass is 9.86. The number of piperazine rings is 1. The SMILES string of the molecule is NC1CC(N2CCN(C3CCCC3)CC2)C1. The molecule has 3 fully saturated rings. The summed E-state index contributed by atoms with van der Waals surface area (Å²) in [5.74, 6) is 0. The summed E-state index contributed by atoms with van der Waals surface area (Å²) in [5, 5.41) is 0. The van der Waals surface area contributed by atoms with Crippen molar-refractivity contribution in [1.29, 1.82) is 0 Å². The molecule has 0 aromatic rings. The van der Waals surface area contributed by atoms with E-state index in [2.05, 4.69) is 9.80 Å². The lowest BCUT2D eigenvalue weighted by molar-refractivity contribution is 0.0368. The first-order valence-electron chi connectivity index (χ1n) is 7.06. The van der Waals surface area contributed by atoms with Crippen LogP contribution in [-0.4, -0.2) is 54.1 Å². The Balaban J connectivity index is 1.44.